The molecule has 6 heteroatoms. The van der Waals surface area contributed by atoms with E-state index in [1.807, 2.05) is 52.4 Å². The first kappa shape index (κ1) is 15.3. The highest BCUT2D eigenvalue weighted by atomic mass is 32.1. The lowest BCUT2D eigenvalue weighted by atomic mass is 10.1. The van der Waals surface area contributed by atoms with E-state index in [1.165, 1.54) is 17.6 Å². The van der Waals surface area contributed by atoms with Gasteiger partial charge in [-0.1, -0.05) is 53.7 Å². The maximum absolute atomic E-state index is 12.0. The van der Waals surface area contributed by atoms with E-state index in [1.54, 1.807) is 24.3 Å². The maximum Gasteiger partial charge on any atom is 0.365 e. The van der Waals surface area contributed by atoms with E-state index in [4.69, 9.17) is 4.84 Å². The minimum atomic E-state index is -0.496. The first-order valence-corrected chi connectivity index (χ1v) is 8.51. The Hall–Kier alpha value is -3.25. The molecular formula is C19H13N3O2S. The number of oxime groups is 1. The molecule has 0 aliphatic rings. The zero-order valence-corrected chi connectivity index (χ0v) is 13.9. The summed E-state index contributed by atoms with van der Waals surface area (Å²) in [5.41, 5.74) is 3.00. The lowest BCUT2D eigenvalue weighted by Gasteiger charge is -2.00. The van der Waals surface area contributed by atoms with Gasteiger partial charge in [0.25, 0.3) is 0 Å². The predicted molar refractivity (Wildman–Crippen MR) is 98.0 cm³/mol. The molecule has 0 N–H and O–H groups in total. The number of hydrogen-bond acceptors (Lipinski definition) is 5. The largest absolute Gasteiger partial charge is 0.365 e. The molecule has 0 amide bonds. The fourth-order valence-electron chi connectivity index (χ4n) is 2.49. The Morgan fingerprint density at radius 2 is 1.80 bits per heavy atom. The van der Waals surface area contributed by atoms with Crippen LogP contribution in [0.5, 0.6) is 0 Å². The summed E-state index contributed by atoms with van der Waals surface area (Å²) in [5, 5.41) is 5.82. The number of aromatic nitrogens is 2. The van der Waals surface area contributed by atoms with Gasteiger partial charge < -0.3 is 4.84 Å². The van der Waals surface area contributed by atoms with Gasteiger partial charge in [0.15, 0.2) is 4.96 Å². The van der Waals surface area contributed by atoms with Crippen LogP contribution in [0.15, 0.2) is 77.4 Å². The number of fused-ring (bicyclic) bond motifs is 1. The van der Waals surface area contributed by atoms with Crippen molar-refractivity contribution in [2.24, 2.45) is 5.16 Å². The van der Waals surface area contributed by atoms with Crippen LogP contribution in [0, 0.1) is 0 Å². The molecule has 2 heterocycles. The second-order valence-electron chi connectivity index (χ2n) is 5.25. The van der Waals surface area contributed by atoms with E-state index in [0.29, 0.717) is 5.56 Å². The summed E-state index contributed by atoms with van der Waals surface area (Å²) in [7, 11) is 0. The number of rotatable bonds is 4. The lowest BCUT2D eigenvalue weighted by Crippen LogP contribution is -2.01. The molecule has 0 atom stereocenters. The molecule has 0 unspecified atom stereocenters. The molecule has 122 valence electrons. The van der Waals surface area contributed by atoms with Crippen molar-refractivity contribution >= 4 is 28.5 Å². The third-order valence-corrected chi connectivity index (χ3v) is 4.42. The lowest BCUT2D eigenvalue weighted by molar-refractivity contribution is 0.0519. The highest BCUT2D eigenvalue weighted by molar-refractivity contribution is 7.15. The van der Waals surface area contributed by atoms with Crippen LogP contribution in [0.3, 0.4) is 0 Å². The van der Waals surface area contributed by atoms with Gasteiger partial charge in [-0.2, -0.15) is 0 Å². The molecule has 0 spiro atoms. The number of carbonyl (C=O) groups excluding carboxylic acids is 1. The van der Waals surface area contributed by atoms with E-state index in [0.717, 1.165) is 21.9 Å². The van der Waals surface area contributed by atoms with Gasteiger partial charge >= 0.3 is 5.97 Å². The van der Waals surface area contributed by atoms with Gasteiger partial charge in [0.1, 0.15) is 0 Å². The Morgan fingerprint density at radius 3 is 2.56 bits per heavy atom. The molecule has 0 bridgehead atoms. The van der Waals surface area contributed by atoms with Crippen molar-refractivity contribution in [1.82, 2.24) is 9.38 Å². The zero-order chi connectivity index (χ0) is 17.1. The normalized spacial score (nSPS) is 11.2. The summed E-state index contributed by atoms with van der Waals surface area (Å²) in [6, 6.07) is 18.6. The number of nitrogens with zero attached hydrogens (tertiary/aromatic N) is 3. The van der Waals surface area contributed by atoms with Crippen LogP contribution in [0.4, 0.5) is 0 Å². The van der Waals surface area contributed by atoms with Crippen molar-refractivity contribution in [3.63, 3.8) is 0 Å². The van der Waals surface area contributed by atoms with Crippen LogP contribution in [0.1, 0.15) is 16.1 Å². The molecule has 4 rings (SSSR count). The van der Waals surface area contributed by atoms with Crippen molar-refractivity contribution in [3.8, 4) is 11.3 Å². The molecule has 5 nitrogen and oxygen atoms in total. The van der Waals surface area contributed by atoms with E-state index in [9.17, 15) is 4.79 Å². The third kappa shape index (κ3) is 3.07. The number of imidazole rings is 1. The minimum absolute atomic E-state index is 0.455. The van der Waals surface area contributed by atoms with E-state index < -0.39 is 5.97 Å². The van der Waals surface area contributed by atoms with E-state index in [2.05, 4.69) is 10.1 Å². The summed E-state index contributed by atoms with van der Waals surface area (Å²) in [6.45, 7) is 0. The van der Waals surface area contributed by atoms with Crippen molar-refractivity contribution in [2.75, 3.05) is 0 Å². The van der Waals surface area contributed by atoms with Crippen LogP contribution >= 0.6 is 11.3 Å². The molecule has 0 aliphatic carbocycles. The number of benzene rings is 2. The fraction of sp³-hybridized carbons (Fsp3) is 0. The van der Waals surface area contributed by atoms with Crippen LogP contribution in [0.25, 0.3) is 16.2 Å². The van der Waals surface area contributed by atoms with Crippen LogP contribution in [-0.2, 0) is 4.84 Å². The van der Waals surface area contributed by atoms with Gasteiger partial charge in [-0.15, -0.1) is 11.3 Å². The predicted octanol–water partition coefficient (Wildman–Crippen LogP) is 4.25. The summed E-state index contributed by atoms with van der Waals surface area (Å²) in [6.07, 6.45) is 3.44. The summed E-state index contributed by atoms with van der Waals surface area (Å²) >= 11 is 1.54. The first-order valence-electron chi connectivity index (χ1n) is 7.63. The van der Waals surface area contributed by atoms with Gasteiger partial charge in [0, 0.05) is 17.1 Å². The fourth-order valence-corrected chi connectivity index (χ4v) is 3.21. The monoisotopic (exact) mass is 347 g/mol. The Balaban J connectivity index is 1.64. The van der Waals surface area contributed by atoms with Gasteiger partial charge in [-0.3, -0.25) is 4.40 Å². The van der Waals surface area contributed by atoms with Crippen molar-refractivity contribution in [1.29, 1.82) is 0 Å². The average Bonchev–Trinajstić information content (AvgIpc) is 3.25. The molecule has 25 heavy (non-hydrogen) atoms. The molecule has 0 aliphatic heterocycles. The quantitative estimate of drug-likeness (QED) is 0.315. The Labute approximate surface area is 147 Å². The van der Waals surface area contributed by atoms with Gasteiger partial charge in [0.2, 0.25) is 0 Å². The van der Waals surface area contributed by atoms with E-state index >= 15 is 0 Å². The highest BCUT2D eigenvalue weighted by Crippen LogP contribution is 2.25. The number of hydrogen-bond donors (Lipinski definition) is 0. The molecule has 4 aromatic rings. The van der Waals surface area contributed by atoms with Crippen LogP contribution < -0.4 is 0 Å². The number of carbonyl (C=O) groups is 1. The minimum Gasteiger partial charge on any atom is -0.313 e. The van der Waals surface area contributed by atoms with Crippen molar-refractivity contribution < 1.29 is 9.63 Å². The molecule has 0 radical (unpaired) electrons. The summed E-state index contributed by atoms with van der Waals surface area (Å²) in [4.78, 5) is 22.5. The van der Waals surface area contributed by atoms with Crippen molar-refractivity contribution in [3.05, 3.63) is 83.5 Å². The molecule has 2 aromatic heterocycles. The maximum atomic E-state index is 12.0. The second kappa shape index (κ2) is 6.70. The van der Waals surface area contributed by atoms with Gasteiger partial charge in [-0.05, 0) is 12.1 Å². The molecule has 2 aromatic carbocycles. The van der Waals surface area contributed by atoms with Gasteiger partial charge in [0.05, 0.1) is 23.2 Å². The smallest absolute Gasteiger partial charge is 0.313 e. The molecular weight excluding hydrogens is 334 g/mol. The first-order chi connectivity index (χ1) is 12.3. The van der Waals surface area contributed by atoms with Gasteiger partial charge in [-0.25, -0.2) is 9.78 Å². The summed E-state index contributed by atoms with van der Waals surface area (Å²) in [5.74, 6) is -0.496. The number of thiazole rings is 1. The topological polar surface area (TPSA) is 56.0 Å². The van der Waals surface area contributed by atoms with Crippen LogP contribution in [-0.4, -0.2) is 21.6 Å². The molecule has 0 fully saturated rings. The van der Waals surface area contributed by atoms with Crippen molar-refractivity contribution in [2.45, 2.75) is 0 Å². The van der Waals surface area contributed by atoms with E-state index in [-0.39, 0.29) is 0 Å². The third-order valence-electron chi connectivity index (χ3n) is 3.67. The Kier molecular flexibility index (Phi) is 4.10. The summed E-state index contributed by atoms with van der Waals surface area (Å²) < 4.78 is 1.92. The standard InChI is InChI=1S/C19H13N3O2S/c23-18(15-9-5-2-6-10-15)24-20-13-16-17(14-7-3-1-4-8-14)21-19-22(16)11-12-25-19/h1-13H. The highest BCUT2D eigenvalue weighted by Gasteiger charge is 2.13. The molecule has 0 saturated carbocycles. The SMILES string of the molecule is O=C(ON=Cc1c(-c2ccccc2)nc2sccn12)c1ccccc1. The van der Waals surface area contributed by atoms with Crippen LogP contribution in [0.2, 0.25) is 0 Å². The zero-order valence-electron chi connectivity index (χ0n) is 13.1. The Morgan fingerprint density at radius 1 is 1.08 bits per heavy atom. The second-order valence-corrected chi connectivity index (χ2v) is 6.12. The molecule has 0 saturated heterocycles. The Bertz CT molecular complexity index is 1040. The average molecular weight is 347 g/mol.